The lowest BCUT2D eigenvalue weighted by Gasteiger charge is -2.30. The highest BCUT2D eigenvalue weighted by molar-refractivity contribution is 5.87. The van der Waals surface area contributed by atoms with E-state index in [2.05, 4.69) is 113 Å². The summed E-state index contributed by atoms with van der Waals surface area (Å²) in [6, 6.07) is 9.78. The molecule has 0 saturated carbocycles. The number of benzene rings is 2. The van der Waals surface area contributed by atoms with E-state index in [4.69, 9.17) is 0 Å². The molecule has 0 heteroatoms. The van der Waals surface area contributed by atoms with Gasteiger partial charge in [-0.15, -0.1) is 0 Å². The predicted molar refractivity (Wildman–Crippen MR) is 146 cm³/mol. The van der Waals surface area contributed by atoms with Crippen molar-refractivity contribution in [3.05, 3.63) is 75.4 Å². The Hall–Kier alpha value is -2.08. The number of fused-ring (bicyclic) bond motifs is 3. The molecule has 0 amide bonds. The molecule has 33 heavy (non-hydrogen) atoms. The van der Waals surface area contributed by atoms with Crippen molar-refractivity contribution in [3.8, 4) is 11.1 Å². The van der Waals surface area contributed by atoms with E-state index in [9.17, 15) is 0 Å². The lowest BCUT2D eigenvalue weighted by atomic mass is 9.74. The summed E-state index contributed by atoms with van der Waals surface area (Å²) >= 11 is 0. The first kappa shape index (κ1) is 24.1. The Morgan fingerprint density at radius 2 is 1.42 bits per heavy atom. The van der Waals surface area contributed by atoms with Gasteiger partial charge in [0.15, 0.2) is 0 Å². The second-order valence-electron chi connectivity index (χ2n) is 13.7. The zero-order valence-corrected chi connectivity index (χ0v) is 23.0. The van der Waals surface area contributed by atoms with Gasteiger partial charge < -0.3 is 0 Å². The third kappa shape index (κ3) is 4.27. The first-order valence-electron chi connectivity index (χ1n) is 12.8. The minimum Gasteiger partial charge on any atom is -0.0763 e. The first-order valence-corrected chi connectivity index (χ1v) is 12.8. The van der Waals surface area contributed by atoms with Gasteiger partial charge in [0.1, 0.15) is 0 Å². The maximum Gasteiger partial charge on any atom is -0.00104 e. The van der Waals surface area contributed by atoms with Crippen LogP contribution >= 0.6 is 0 Å². The molecule has 0 fully saturated rings. The monoisotopic (exact) mass is 440 g/mol. The molecule has 0 aliphatic heterocycles. The van der Waals surface area contributed by atoms with Crippen molar-refractivity contribution in [3.63, 3.8) is 0 Å². The van der Waals surface area contributed by atoms with Gasteiger partial charge in [0.25, 0.3) is 0 Å². The molecule has 0 unspecified atom stereocenters. The van der Waals surface area contributed by atoms with Crippen LogP contribution in [-0.4, -0.2) is 0 Å². The summed E-state index contributed by atoms with van der Waals surface area (Å²) in [7, 11) is 0. The molecule has 2 aliphatic carbocycles. The zero-order valence-electron chi connectivity index (χ0n) is 23.0. The van der Waals surface area contributed by atoms with Crippen LogP contribution < -0.4 is 0 Å². The van der Waals surface area contributed by atoms with Crippen LogP contribution in [0.25, 0.3) is 16.7 Å². The van der Waals surface area contributed by atoms with Gasteiger partial charge in [0.05, 0.1) is 0 Å². The van der Waals surface area contributed by atoms with Crippen LogP contribution in [0.5, 0.6) is 0 Å². The van der Waals surface area contributed by atoms with Gasteiger partial charge in [0.2, 0.25) is 0 Å². The smallest absolute Gasteiger partial charge is 0.00104 e. The third-order valence-corrected chi connectivity index (χ3v) is 7.56. The highest BCUT2D eigenvalue weighted by Gasteiger charge is 2.33. The lowest BCUT2D eigenvalue weighted by molar-refractivity contribution is 0.518. The standard InChI is InChI=1S/C33H44/c1-20(2)29-27-17-21-12-14-24(32(6,7)8)18-25(21)26(27)19-28(33(9,10)11)30(29)22-13-15-23(16-22)31(3,4)5/h12,14-16,18-20H,13,17H2,1-11H3. The fourth-order valence-corrected chi connectivity index (χ4v) is 5.61. The van der Waals surface area contributed by atoms with Gasteiger partial charge in [-0.2, -0.15) is 0 Å². The van der Waals surface area contributed by atoms with E-state index in [1.165, 1.54) is 44.5 Å². The van der Waals surface area contributed by atoms with Crippen LogP contribution in [0.3, 0.4) is 0 Å². The van der Waals surface area contributed by atoms with Crippen molar-refractivity contribution < 1.29 is 0 Å². The van der Waals surface area contributed by atoms with Crippen molar-refractivity contribution in [2.75, 3.05) is 0 Å². The van der Waals surface area contributed by atoms with Crippen LogP contribution in [0.4, 0.5) is 0 Å². The van der Waals surface area contributed by atoms with E-state index < -0.39 is 0 Å². The molecule has 0 atom stereocenters. The molecule has 176 valence electrons. The molecule has 2 aliphatic rings. The minimum atomic E-state index is 0.0870. The van der Waals surface area contributed by atoms with Gasteiger partial charge in [-0.25, -0.2) is 0 Å². The minimum absolute atomic E-state index is 0.0870. The SMILES string of the molecule is CC(C)c1c2c(cc(C(C)(C)C)c1C1=CC(C(C)(C)C)=CC1)-c1cc(C(C)(C)C)ccc1C2. The summed E-state index contributed by atoms with van der Waals surface area (Å²) in [6.07, 6.45) is 7.08. The fraction of sp³-hybridized carbons (Fsp3) is 0.515. The first-order chi connectivity index (χ1) is 15.1. The molecule has 0 nitrogen and oxygen atoms in total. The molecule has 0 heterocycles. The van der Waals surface area contributed by atoms with Gasteiger partial charge in [-0.1, -0.05) is 107 Å². The molecule has 0 N–H and O–H groups in total. The van der Waals surface area contributed by atoms with Gasteiger partial charge in [0, 0.05) is 0 Å². The summed E-state index contributed by atoms with van der Waals surface area (Å²) < 4.78 is 0. The average molecular weight is 441 g/mol. The van der Waals surface area contributed by atoms with E-state index in [0.29, 0.717) is 5.92 Å². The Morgan fingerprint density at radius 1 is 0.758 bits per heavy atom. The van der Waals surface area contributed by atoms with E-state index in [1.807, 2.05) is 0 Å². The largest absolute Gasteiger partial charge is 0.0763 e. The van der Waals surface area contributed by atoms with Crippen molar-refractivity contribution in [2.24, 2.45) is 5.41 Å². The Kier molecular flexibility index (Phi) is 5.63. The highest BCUT2D eigenvalue weighted by Crippen LogP contribution is 2.50. The highest BCUT2D eigenvalue weighted by atomic mass is 14.4. The Morgan fingerprint density at radius 3 is 1.94 bits per heavy atom. The topological polar surface area (TPSA) is 0 Å². The lowest BCUT2D eigenvalue weighted by Crippen LogP contribution is -2.17. The van der Waals surface area contributed by atoms with Gasteiger partial charge >= 0.3 is 0 Å². The molecule has 0 radical (unpaired) electrons. The third-order valence-electron chi connectivity index (χ3n) is 7.56. The van der Waals surface area contributed by atoms with Crippen molar-refractivity contribution in [2.45, 2.75) is 106 Å². The number of hydrogen-bond acceptors (Lipinski definition) is 0. The average Bonchev–Trinajstić information content (AvgIpc) is 3.29. The maximum atomic E-state index is 2.56. The maximum absolute atomic E-state index is 2.56. The molecule has 0 saturated heterocycles. The molecular formula is C33H44. The molecular weight excluding hydrogens is 396 g/mol. The number of allylic oxidation sites excluding steroid dienone is 4. The van der Waals surface area contributed by atoms with Crippen molar-refractivity contribution >= 4 is 5.57 Å². The quantitative estimate of drug-likeness (QED) is 0.372. The Balaban J connectivity index is 2.00. The van der Waals surface area contributed by atoms with E-state index in [0.717, 1.165) is 12.8 Å². The summed E-state index contributed by atoms with van der Waals surface area (Å²) in [5.41, 5.74) is 15.5. The van der Waals surface area contributed by atoms with Crippen molar-refractivity contribution in [1.29, 1.82) is 0 Å². The van der Waals surface area contributed by atoms with E-state index in [1.54, 1.807) is 11.1 Å². The molecule has 0 aromatic heterocycles. The second kappa shape index (κ2) is 7.72. The molecule has 0 spiro atoms. The van der Waals surface area contributed by atoms with Crippen LogP contribution in [0.15, 0.2) is 42.0 Å². The molecule has 4 rings (SSSR count). The zero-order chi connectivity index (χ0) is 24.5. The molecule has 2 aromatic rings. The summed E-state index contributed by atoms with van der Waals surface area (Å²) in [5, 5.41) is 0. The Labute approximate surface area is 203 Å². The number of hydrogen-bond donors (Lipinski definition) is 0. The predicted octanol–water partition coefficient (Wildman–Crippen LogP) is 9.74. The Bertz CT molecular complexity index is 1160. The van der Waals surface area contributed by atoms with E-state index >= 15 is 0 Å². The summed E-state index contributed by atoms with van der Waals surface area (Å²) in [5.74, 6) is 0.493. The summed E-state index contributed by atoms with van der Waals surface area (Å²) in [4.78, 5) is 0. The van der Waals surface area contributed by atoms with Gasteiger partial charge in [-0.3, -0.25) is 0 Å². The van der Waals surface area contributed by atoms with E-state index in [-0.39, 0.29) is 16.2 Å². The summed E-state index contributed by atoms with van der Waals surface area (Å²) in [6.45, 7) is 25.9. The van der Waals surface area contributed by atoms with Crippen LogP contribution in [0.2, 0.25) is 0 Å². The second-order valence-corrected chi connectivity index (χ2v) is 13.7. The van der Waals surface area contributed by atoms with Gasteiger partial charge in [-0.05, 0) is 96.7 Å². The molecule has 0 bridgehead atoms. The number of rotatable bonds is 2. The van der Waals surface area contributed by atoms with Crippen LogP contribution in [0, 0.1) is 5.41 Å². The normalized spacial score (nSPS) is 16.1. The van der Waals surface area contributed by atoms with Crippen LogP contribution in [0.1, 0.15) is 122 Å². The van der Waals surface area contributed by atoms with Crippen molar-refractivity contribution in [1.82, 2.24) is 0 Å². The molecule has 2 aromatic carbocycles. The fourth-order valence-electron chi connectivity index (χ4n) is 5.61. The van der Waals surface area contributed by atoms with Crippen LogP contribution in [-0.2, 0) is 17.3 Å².